The van der Waals surface area contributed by atoms with E-state index >= 15 is 0 Å². The Morgan fingerprint density at radius 2 is 2.25 bits per heavy atom. The van der Waals surface area contributed by atoms with Crippen LogP contribution < -0.4 is 4.74 Å². The maximum atomic E-state index is 10.9. The van der Waals surface area contributed by atoms with E-state index in [-0.39, 0.29) is 11.3 Å². The van der Waals surface area contributed by atoms with Crippen LogP contribution in [-0.2, 0) is 0 Å². The van der Waals surface area contributed by atoms with Crippen LogP contribution in [0.3, 0.4) is 0 Å². The van der Waals surface area contributed by atoms with Gasteiger partial charge < -0.3 is 14.4 Å². The molecule has 0 amide bonds. The first kappa shape index (κ1) is 10.2. The summed E-state index contributed by atoms with van der Waals surface area (Å²) in [5, 5.41) is 12.3. The topological polar surface area (TPSA) is 85.5 Å². The number of rotatable bonds is 3. The summed E-state index contributed by atoms with van der Waals surface area (Å²) in [6.45, 7) is 0. The van der Waals surface area contributed by atoms with E-state index in [0.29, 0.717) is 11.3 Å². The van der Waals surface area contributed by atoms with Crippen LogP contribution in [0.5, 0.6) is 5.75 Å². The summed E-state index contributed by atoms with van der Waals surface area (Å²) < 4.78 is 9.87. The van der Waals surface area contributed by atoms with E-state index in [1.54, 1.807) is 6.07 Å². The number of hydrogen-bond acceptors (Lipinski definition) is 5. The predicted molar refractivity (Wildman–Crippen MR) is 53.2 cm³/mol. The average Bonchev–Trinajstić information content (AvgIpc) is 2.78. The molecule has 2 aromatic rings. The van der Waals surface area contributed by atoms with Gasteiger partial charge in [0.2, 0.25) is 0 Å². The van der Waals surface area contributed by atoms with Crippen molar-refractivity contribution in [1.29, 1.82) is 0 Å². The Bertz CT molecular complexity index is 521. The van der Waals surface area contributed by atoms with Crippen molar-refractivity contribution in [2.24, 2.45) is 0 Å². The van der Waals surface area contributed by atoms with Gasteiger partial charge in [-0.1, -0.05) is 5.16 Å². The summed E-state index contributed by atoms with van der Waals surface area (Å²) in [5.74, 6) is -0.414. The molecule has 1 N–H and O–H groups in total. The second-order valence-electron chi connectivity index (χ2n) is 2.99. The fraction of sp³-hybridized carbons (Fsp3) is 0.100. The molecule has 0 saturated heterocycles. The van der Waals surface area contributed by atoms with Gasteiger partial charge in [0.15, 0.2) is 5.76 Å². The van der Waals surface area contributed by atoms with Crippen LogP contribution in [0.2, 0.25) is 0 Å². The highest BCUT2D eigenvalue weighted by molar-refractivity contribution is 5.93. The van der Waals surface area contributed by atoms with Gasteiger partial charge in [0.1, 0.15) is 11.3 Å². The predicted octanol–water partition coefficient (Wildman–Crippen LogP) is 1.44. The maximum Gasteiger partial charge on any atom is 0.341 e. The number of nitrogens with zero attached hydrogens (tertiary/aromatic N) is 2. The zero-order valence-electron chi connectivity index (χ0n) is 8.38. The van der Waals surface area contributed by atoms with Gasteiger partial charge in [-0.25, -0.2) is 4.79 Å². The van der Waals surface area contributed by atoms with Gasteiger partial charge in [-0.05, 0) is 6.07 Å². The van der Waals surface area contributed by atoms with Gasteiger partial charge in [-0.3, -0.25) is 4.98 Å². The van der Waals surface area contributed by atoms with Crippen molar-refractivity contribution in [2.45, 2.75) is 0 Å². The molecule has 0 spiro atoms. The number of carboxylic acids is 1. The first-order valence-corrected chi connectivity index (χ1v) is 4.39. The lowest BCUT2D eigenvalue weighted by Gasteiger charge is -2.01. The minimum absolute atomic E-state index is 0.00458. The summed E-state index contributed by atoms with van der Waals surface area (Å²) >= 11 is 0. The Balaban J connectivity index is 2.50. The molecule has 2 rings (SSSR count). The minimum atomic E-state index is -1.10. The van der Waals surface area contributed by atoms with Gasteiger partial charge in [0.05, 0.1) is 19.5 Å². The number of carboxylic acid groups (broad SMARTS) is 1. The molecule has 6 nitrogen and oxygen atoms in total. The van der Waals surface area contributed by atoms with E-state index in [1.807, 2.05) is 0 Å². The van der Waals surface area contributed by atoms with Crippen molar-refractivity contribution < 1.29 is 19.2 Å². The van der Waals surface area contributed by atoms with E-state index in [9.17, 15) is 4.79 Å². The Morgan fingerprint density at radius 3 is 2.94 bits per heavy atom. The van der Waals surface area contributed by atoms with Crippen molar-refractivity contribution in [3.63, 3.8) is 0 Å². The fourth-order valence-corrected chi connectivity index (χ4v) is 1.25. The average molecular weight is 220 g/mol. The lowest BCUT2D eigenvalue weighted by molar-refractivity contribution is 0.0697. The molecule has 82 valence electrons. The van der Waals surface area contributed by atoms with Crippen LogP contribution in [0.1, 0.15) is 10.4 Å². The third kappa shape index (κ3) is 1.72. The molecular formula is C10H8N2O4. The van der Waals surface area contributed by atoms with Crippen LogP contribution in [-0.4, -0.2) is 28.3 Å². The van der Waals surface area contributed by atoms with E-state index in [2.05, 4.69) is 10.1 Å². The number of aromatic nitrogens is 2. The molecule has 6 heteroatoms. The van der Waals surface area contributed by atoms with E-state index in [4.69, 9.17) is 14.4 Å². The third-order valence-electron chi connectivity index (χ3n) is 2.01. The number of methoxy groups -OCH3 is 1. The molecular weight excluding hydrogens is 212 g/mol. The van der Waals surface area contributed by atoms with Gasteiger partial charge in [0.25, 0.3) is 0 Å². The van der Waals surface area contributed by atoms with Crippen LogP contribution in [0.25, 0.3) is 11.3 Å². The van der Waals surface area contributed by atoms with Gasteiger partial charge in [-0.15, -0.1) is 0 Å². The molecule has 0 aromatic carbocycles. The first-order chi connectivity index (χ1) is 7.72. The lowest BCUT2D eigenvalue weighted by Crippen LogP contribution is -1.96. The first-order valence-electron chi connectivity index (χ1n) is 4.39. The number of carbonyl (C=O) groups is 1. The van der Waals surface area contributed by atoms with Crippen molar-refractivity contribution in [3.05, 3.63) is 30.2 Å². The minimum Gasteiger partial charge on any atom is -0.495 e. The maximum absolute atomic E-state index is 10.9. The van der Waals surface area contributed by atoms with Crippen LogP contribution in [0, 0.1) is 0 Å². The van der Waals surface area contributed by atoms with Crippen LogP contribution in [0.15, 0.2) is 29.2 Å². The fourth-order valence-electron chi connectivity index (χ4n) is 1.25. The molecule has 0 aliphatic rings. The van der Waals surface area contributed by atoms with Crippen molar-refractivity contribution in [1.82, 2.24) is 10.1 Å². The van der Waals surface area contributed by atoms with Gasteiger partial charge >= 0.3 is 5.97 Å². The van der Waals surface area contributed by atoms with Crippen LogP contribution in [0.4, 0.5) is 0 Å². The zero-order valence-corrected chi connectivity index (χ0v) is 8.38. The largest absolute Gasteiger partial charge is 0.495 e. The smallest absolute Gasteiger partial charge is 0.341 e. The van der Waals surface area contributed by atoms with Gasteiger partial charge in [-0.2, -0.15) is 0 Å². The molecule has 0 atom stereocenters. The molecule has 0 unspecified atom stereocenters. The Kier molecular flexibility index (Phi) is 2.55. The monoisotopic (exact) mass is 220 g/mol. The Hall–Kier alpha value is -2.37. The van der Waals surface area contributed by atoms with Crippen LogP contribution >= 0.6 is 0 Å². The molecule has 16 heavy (non-hydrogen) atoms. The second kappa shape index (κ2) is 4.01. The number of hydrogen-bond donors (Lipinski definition) is 1. The molecule has 0 aliphatic heterocycles. The molecule has 2 aromatic heterocycles. The van der Waals surface area contributed by atoms with Crippen molar-refractivity contribution in [3.8, 4) is 17.1 Å². The molecule has 0 fully saturated rings. The SMILES string of the molecule is COc1cncc(-c2oncc2C(=O)O)c1. The van der Waals surface area contributed by atoms with Gasteiger partial charge in [0, 0.05) is 11.8 Å². The highest BCUT2D eigenvalue weighted by Gasteiger charge is 2.17. The molecule has 0 aliphatic carbocycles. The quantitative estimate of drug-likeness (QED) is 0.842. The third-order valence-corrected chi connectivity index (χ3v) is 2.01. The summed E-state index contributed by atoms with van der Waals surface area (Å²) in [5.41, 5.74) is 0.504. The van der Waals surface area contributed by atoms with E-state index in [0.717, 1.165) is 6.20 Å². The van der Waals surface area contributed by atoms with Crippen molar-refractivity contribution >= 4 is 5.97 Å². The number of pyridine rings is 1. The zero-order chi connectivity index (χ0) is 11.5. The Morgan fingerprint density at radius 1 is 1.44 bits per heavy atom. The number of ether oxygens (including phenoxy) is 1. The summed E-state index contributed by atoms with van der Waals surface area (Å²) in [4.78, 5) is 14.8. The van der Waals surface area contributed by atoms with Crippen molar-refractivity contribution in [2.75, 3.05) is 7.11 Å². The molecule has 2 heterocycles. The summed E-state index contributed by atoms with van der Waals surface area (Å²) in [6, 6.07) is 1.62. The lowest BCUT2D eigenvalue weighted by atomic mass is 10.1. The normalized spacial score (nSPS) is 10.1. The molecule has 0 radical (unpaired) electrons. The summed E-state index contributed by atoms with van der Waals surface area (Å²) in [7, 11) is 1.50. The molecule has 0 saturated carbocycles. The highest BCUT2D eigenvalue weighted by Crippen LogP contribution is 2.25. The van der Waals surface area contributed by atoms with E-state index in [1.165, 1.54) is 19.5 Å². The molecule has 0 bridgehead atoms. The Labute approximate surface area is 90.5 Å². The highest BCUT2D eigenvalue weighted by atomic mass is 16.5. The number of aromatic carboxylic acids is 1. The van der Waals surface area contributed by atoms with E-state index < -0.39 is 5.97 Å². The summed E-state index contributed by atoms with van der Waals surface area (Å²) in [6.07, 6.45) is 4.15. The standard InChI is InChI=1S/C10H8N2O4/c1-15-7-2-6(3-11-4-7)9-8(10(13)14)5-12-16-9/h2-5H,1H3,(H,13,14). The second-order valence-corrected chi connectivity index (χ2v) is 2.99.